The SMILES string of the molecule is CCOc1ccc2nc(N3CCC(C(=O)N4CCN(c5cccc(Cl)c5)CC4)CC3)sc2c1. The number of ether oxygens (including phenoxy) is 1. The minimum Gasteiger partial charge on any atom is -0.494 e. The van der Waals surface area contributed by atoms with Gasteiger partial charge < -0.3 is 19.4 Å². The minimum atomic E-state index is 0.109. The van der Waals surface area contributed by atoms with Gasteiger partial charge in [-0.1, -0.05) is 29.0 Å². The van der Waals surface area contributed by atoms with Crippen LogP contribution in [-0.2, 0) is 4.79 Å². The second-order valence-electron chi connectivity index (χ2n) is 8.61. The van der Waals surface area contributed by atoms with Crippen LogP contribution in [0.1, 0.15) is 19.8 Å². The van der Waals surface area contributed by atoms with Crippen LogP contribution in [0.3, 0.4) is 0 Å². The first-order chi connectivity index (χ1) is 16.1. The fourth-order valence-electron chi connectivity index (χ4n) is 4.72. The Morgan fingerprint density at radius 2 is 1.85 bits per heavy atom. The first kappa shape index (κ1) is 22.3. The third-order valence-corrected chi connectivity index (χ3v) is 7.85. The zero-order chi connectivity index (χ0) is 22.8. The monoisotopic (exact) mass is 484 g/mol. The van der Waals surface area contributed by atoms with Gasteiger partial charge in [-0.3, -0.25) is 4.79 Å². The number of aromatic nitrogens is 1. The molecule has 0 spiro atoms. The fraction of sp³-hybridized carbons (Fsp3) is 0.440. The van der Waals surface area contributed by atoms with Crippen molar-refractivity contribution in [1.29, 1.82) is 0 Å². The number of hydrogen-bond donors (Lipinski definition) is 0. The van der Waals surface area contributed by atoms with Gasteiger partial charge in [-0.25, -0.2) is 4.98 Å². The van der Waals surface area contributed by atoms with Crippen molar-refractivity contribution in [2.24, 2.45) is 5.92 Å². The van der Waals surface area contributed by atoms with Crippen LogP contribution in [-0.4, -0.2) is 61.7 Å². The predicted molar refractivity (Wildman–Crippen MR) is 136 cm³/mol. The van der Waals surface area contributed by atoms with Crippen molar-refractivity contribution in [3.8, 4) is 5.75 Å². The van der Waals surface area contributed by atoms with E-state index in [-0.39, 0.29) is 5.92 Å². The number of hydrogen-bond acceptors (Lipinski definition) is 6. The van der Waals surface area contributed by atoms with Gasteiger partial charge in [-0.2, -0.15) is 0 Å². The third-order valence-electron chi connectivity index (χ3n) is 6.54. The molecule has 0 atom stereocenters. The Balaban J connectivity index is 1.15. The number of halogens is 1. The molecule has 0 unspecified atom stereocenters. The van der Waals surface area contributed by atoms with Crippen LogP contribution < -0.4 is 14.5 Å². The maximum Gasteiger partial charge on any atom is 0.225 e. The molecule has 0 N–H and O–H groups in total. The first-order valence-corrected chi connectivity index (χ1v) is 12.9. The highest BCUT2D eigenvalue weighted by atomic mass is 35.5. The molecule has 2 aliphatic heterocycles. The summed E-state index contributed by atoms with van der Waals surface area (Å²) in [5.41, 5.74) is 2.14. The number of benzene rings is 2. The second kappa shape index (κ2) is 9.77. The Morgan fingerprint density at radius 3 is 2.58 bits per heavy atom. The molecular weight excluding hydrogens is 456 g/mol. The molecule has 5 rings (SSSR count). The van der Waals surface area contributed by atoms with Crippen molar-refractivity contribution < 1.29 is 9.53 Å². The predicted octanol–water partition coefficient (Wildman–Crippen LogP) is 4.91. The lowest BCUT2D eigenvalue weighted by atomic mass is 9.95. The average molecular weight is 485 g/mol. The van der Waals surface area contributed by atoms with Crippen molar-refractivity contribution in [2.45, 2.75) is 19.8 Å². The van der Waals surface area contributed by atoms with Gasteiger partial charge in [0.25, 0.3) is 0 Å². The summed E-state index contributed by atoms with van der Waals surface area (Å²) >= 11 is 7.84. The second-order valence-corrected chi connectivity index (χ2v) is 10.1. The van der Waals surface area contributed by atoms with E-state index >= 15 is 0 Å². The van der Waals surface area contributed by atoms with Gasteiger partial charge in [0.05, 0.1) is 16.8 Å². The van der Waals surface area contributed by atoms with E-state index < -0.39 is 0 Å². The lowest BCUT2D eigenvalue weighted by Gasteiger charge is -2.39. The standard InChI is InChI=1S/C25H29ClN4O2S/c1-2-32-21-6-7-22-23(17-21)33-25(27-22)30-10-8-18(9-11-30)24(31)29-14-12-28(13-15-29)20-5-3-4-19(26)16-20/h3-7,16-18H,2,8-15H2,1H3. The summed E-state index contributed by atoms with van der Waals surface area (Å²) < 4.78 is 6.76. The van der Waals surface area contributed by atoms with Crippen LogP contribution in [0.15, 0.2) is 42.5 Å². The molecule has 1 aromatic heterocycles. The molecule has 33 heavy (non-hydrogen) atoms. The molecular formula is C25H29ClN4O2S. The van der Waals surface area contributed by atoms with Crippen molar-refractivity contribution in [3.05, 3.63) is 47.5 Å². The highest BCUT2D eigenvalue weighted by Gasteiger charge is 2.31. The van der Waals surface area contributed by atoms with Gasteiger partial charge in [0.1, 0.15) is 5.75 Å². The van der Waals surface area contributed by atoms with Crippen molar-refractivity contribution in [3.63, 3.8) is 0 Å². The number of rotatable bonds is 5. The molecule has 2 saturated heterocycles. The summed E-state index contributed by atoms with van der Waals surface area (Å²) in [7, 11) is 0. The Bertz CT molecular complexity index is 1120. The zero-order valence-electron chi connectivity index (χ0n) is 18.9. The molecule has 0 bridgehead atoms. The minimum absolute atomic E-state index is 0.109. The van der Waals surface area contributed by atoms with E-state index in [1.165, 1.54) is 0 Å². The molecule has 2 aromatic carbocycles. The summed E-state index contributed by atoms with van der Waals surface area (Å²) in [5, 5.41) is 1.79. The maximum absolute atomic E-state index is 13.2. The number of carbonyl (C=O) groups excluding carboxylic acids is 1. The van der Waals surface area contributed by atoms with Crippen LogP contribution in [0.2, 0.25) is 5.02 Å². The van der Waals surface area contributed by atoms with Gasteiger partial charge >= 0.3 is 0 Å². The number of piperidine rings is 1. The molecule has 2 aliphatic rings. The number of piperazine rings is 1. The molecule has 174 valence electrons. The highest BCUT2D eigenvalue weighted by molar-refractivity contribution is 7.22. The van der Waals surface area contributed by atoms with Crippen LogP contribution in [0.4, 0.5) is 10.8 Å². The molecule has 2 fully saturated rings. The molecule has 3 heterocycles. The topological polar surface area (TPSA) is 48.9 Å². The van der Waals surface area contributed by atoms with Crippen molar-refractivity contribution in [2.75, 3.05) is 55.7 Å². The molecule has 8 heteroatoms. The summed E-state index contributed by atoms with van der Waals surface area (Å²) in [6.45, 7) is 7.63. The van der Waals surface area contributed by atoms with Gasteiger partial charge in [0, 0.05) is 55.9 Å². The number of amides is 1. The Labute approximate surface area is 203 Å². The van der Waals surface area contributed by atoms with Crippen LogP contribution in [0.25, 0.3) is 10.2 Å². The quantitative estimate of drug-likeness (QED) is 0.514. The van der Waals surface area contributed by atoms with Crippen LogP contribution >= 0.6 is 22.9 Å². The van der Waals surface area contributed by atoms with E-state index in [0.717, 1.165) is 83.9 Å². The lowest BCUT2D eigenvalue weighted by molar-refractivity contribution is -0.136. The molecule has 0 aliphatic carbocycles. The summed E-state index contributed by atoms with van der Waals surface area (Å²) in [5.74, 6) is 1.31. The number of thiazole rings is 1. The van der Waals surface area contributed by atoms with E-state index in [9.17, 15) is 4.79 Å². The number of fused-ring (bicyclic) bond motifs is 1. The van der Waals surface area contributed by atoms with E-state index in [1.54, 1.807) is 11.3 Å². The maximum atomic E-state index is 13.2. The number of carbonyl (C=O) groups is 1. The summed E-state index contributed by atoms with van der Waals surface area (Å²) in [6.07, 6.45) is 1.76. The van der Waals surface area contributed by atoms with Gasteiger partial charge in [-0.05, 0) is 56.2 Å². The summed E-state index contributed by atoms with van der Waals surface area (Å²) in [6, 6.07) is 14.0. The Hall–Kier alpha value is -2.51. The normalized spacial score (nSPS) is 17.6. The van der Waals surface area contributed by atoms with Gasteiger partial charge in [0.2, 0.25) is 5.91 Å². The molecule has 0 saturated carbocycles. The summed E-state index contributed by atoms with van der Waals surface area (Å²) in [4.78, 5) is 24.7. The van der Waals surface area contributed by atoms with E-state index in [1.807, 2.05) is 42.2 Å². The van der Waals surface area contributed by atoms with Crippen molar-refractivity contribution in [1.82, 2.24) is 9.88 Å². The van der Waals surface area contributed by atoms with Gasteiger partial charge in [0.15, 0.2) is 5.13 Å². The van der Waals surface area contributed by atoms with Crippen LogP contribution in [0.5, 0.6) is 5.75 Å². The lowest BCUT2D eigenvalue weighted by Crippen LogP contribution is -2.51. The van der Waals surface area contributed by atoms with E-state index in [4.69, 9.17) is 21.3 Å². The highest BCUT2D eigenvalue weighted by Crippen LogP contribution is 2.34. The zero-order valence-corrected chi connectivity index (χ0v) is 20.4. The van der Waals surface area contributed by atoms with Crippen LogP contribution in [0, 0.1) is 5.92 Å². The number of nitrogens with zero attached hydrogens (tertiary/aromatic N) is 4. The fourth-order valence-corrected chi connectivity index (χ4v) is 5.95. The van der Waals surface area contributed by atoms with E-state index in [0.29, 0.717) is 12.5 Å². The number of anilines is 2. The molecule has 1 amide bonds. The Kier molecular flexibility index (Phi) is 6.60. The third kappa shape index (κ3) is 4.89. The largest absolute Gasteiger partial charge is 0.494 e. The molecule has 3 aromatic rings. The molecule has 0 radical (unpaired) electrons. The average Bonchev–Trinajstić information content (AvgIpc) is 3.28. The van der Waals surface area contributed by atoms with Gasteiger partial charge in [-0.15, -0.1) is 0 Å². The smallest absolute Gasteiger partial charge is 0.225 e. The van der Waals surface area contributed by atoms with E-state index in [2.05, 4.69) is 21.9 Å². The Morgan fingerprint density at radius 1 is 1.06 bits per heavy atom. The molecule has 6 nitrogen and oxygen atoms in total. The first-order valence-electron chi connectivity index (χ1n) is 11.7. The van der Waals surface area contributed by atoms with Crippen molar-refractivity contribution >= 4 is 49.9 Å².